The molecule has 186 valence electrons. The van der Waals surface area contributed by atoms with E-state index in [-0.39, 0.29) is 18.1 Å². The number of benzene rings is 1. The lowest BCUT2D eigenvalue weighted by molar-refractivity contribution is -0.130. The highest BCUT2D eigenvalue weighted by Crippen LogP contribution is 2.33. The topological polar surface area (TPSA) is 118 Å². The molecule has 4 aromatic rings. The van der Waals surface area contributed by atoms with Crippen molar-refractivity contribution < 1.29 is 14.3 Å². The quantitative estimate of drug-likeness (QED) is 0.365. The molecule has 2 N–H and O–H groups in total. The molecule has 36 heavy (non-hydrogen) atoms. The van der Waals surface area contributed by atoms with Gasteiger partial charge in [0.15, 0.2) is 5.69 Å². The number of H-pyrrole nitrogens is 1. The van der Waals surface area contributed by atoms with Crippen LogP contribution in [0.15, 0.2) is 43.0 Å². The Bertz CT molecular complexity index is 1410. The number of amides is 2. The van der Waals surface area contributed by atoms with E-state index in [1.165, 1.54) is 23.3 Å². The normalized spacial score (nSPS) is 14.2. The van der Waals surface area contributed by atoms with E-state index >= 15 is 0 Å². The molecule has 4 heterocycles. The second-order valence-corrected chi connectivity index (χ2v) is 9.34. The molecule has 1 atom stereocenters. The van der Waals surface area contributed by atoms with E-state index in [0.717, 1.165) is 25.9 Å². The number of pyridine rings is 1. The summed E-state index contributed by atoms with van der Waals surface area (Å²) in [5.74, 6) is 0.114. The van der Waals surface area contributed by atoms with Gasteiger partial charge in [0, 0.05) is 42.6 Å². The number of halogens is 2. The standard InChI is InChI=1S/C24H23Cl2N7O3/c1-14(22-18(25)10-27-11-19(22)26)36-16-4-5-20-17(8-16)23(31-30-20)24(35)29-15-9-28-33(12-15)13-21(34)32-6-2-3-7-32/h4-5,8-12,14H,2-3,6-7,13H2,1H3,(H,29,35)(H,30,31). The summed E-state index contributed by atoms with van der Waals surface area (Å²) in [4.78, 5) is 31.1. The highest BCUT2D eigenvalue weighted by atomic mass is 35.5. The minimum Gasteiger partial charge on any atom is -0.486 e. The lowest BCUT2D eigenvalue weighted by atomic mass is 10.1. The number of aromatic nitrogens is 5. The number of aromatic amines is 1. The number of likely N-dealkylation sites (tertiary alicyclic amines) is 1. The Kier molecular flexibility index (Phi) is 6.80. The Balaban J connectivity index is 1.29. The molecule has 0 saturated carbocycles. The molecule has 0 spiro atoms. The molecule has 1 unspecified atom stereocenters. The molecule has 0 radical (unpaired) electrons. The molecular formula is C24H23Cl2N7O3. The Morgan fingerprint density at radius 1 is 1.17 bits per heavy atom. The summed E-state index contributed by atoms with van der Waals surface area (Å²) in [6.45, 7) is 3.52. The van der Waals surface area contributed by atoms with Crippen LogP contribution < -0.4 is 10.1 Å². The van der Waals surface area contributed by atoms with Crippen LogP contribution >= 0.6 is 23.2 Å². The van der Waals surface area contributed by atoms with E-state index in [1.807, 2.05) is 11.8 Å². The number of nitrogens with zero attached hydrogens (tertiary/aromatic N) is 5. The van der Waals surface area contributed by atoms with Crippen molar-refractivity contribution in [2.45, 2.75) is 32.4 Å². The summed E-state index contributed by atoms with van der Waals surface area (Å²) in [5, 5.41) is 15.4. The van der Waals surface area contributed by atoms with Gasteiger partial charge in [-0.05, 0) is 38.0 Å². The van der Waals surface area contributed by atoms with Gasteiger partial charge in [0.1, 0.15) is 18.4 Å². The number of nitrogens with one attached hydrogen (secondary N) is 2. The van der Waals surface area contributed by atoms with Crippen LogP contribution in [0.2, 0.25) is 10.0 Å². The maximum Gasteiger partial charge on any atom is 0.276 e. The van der Waals surface area contributed by atoms with Gasteiger partial charge in [-0.25, -0.2) is 0 Å². The summed E-state index contributed by atoms with van der Waals surface area (Å²) in [6, 6.07) is 5.27. The van der Waals surface area contributed by atoms with Gasteiger partial charge in [0.2, 0.25) is 5.91 Å². The van der Waals surface area contributed by atoms with Crippen LogP contribution in [-0.4, -0.2) is 54.8 Å². The fourth-order valence-electron chi connectivity index (χ4n) is 4.22. The van der Waals surface area contributed by atoms with Crippen LogP contribution in [0.25, 0.3) is 10.9 Å². The van der Waals surface area contributed by atoms with Crippen molar-refractivity contribution >= 4 is 51.6 Å². The highest BCUT2D eigenvalue weighted by Gasteiger charge is 2.20. The van der Waals surface area contributed by atoms with Crippen molar-refractivity contribution in [2.75, 3.05) is 18.4 Å². The van der Waals surface area contributed by atoms with E-state index < -0.39 is 12.0 Å². The second kappa shape index (κ2) is 10.2. The fourth-order valence-corrected chi connectivity index (χ4v) is 4.89. The van der Waals surface area contributed by atoms with Crippen molar-refractivity contribution in [3.05, 3.63) is 64.3 Å². The van der Waals surface area contributed by atoms with Crippen LogP contribution in [0.1, 0.15) is 41.9 Å². The Morgan fingerprint density at radius 2 is 1.92 bits per heavy atom. The van der Waals surface area contributed by atoms with Crippen molar-refractivity contribution in [1.29, 1.82) is 0 Å². The minimum absolute atomic E-state index is 0.0165. The molecule has 1 saturated heterocycles. The highest BCUT2D eigenvalue weighted by molar-refractivity contribution is 6.35. The lowest BCUT2D eigenvalue weighted by Crippen LogP contribution is -2.31. The largest absolute Gasteiger partial charge is 0.486 e. The predicted molar refractivity (Wildman–Crippen MR) is 135 cm³/mol. The van der Waals surface area contributed by atoms with E-state index in [4.69, 9.17) is 27.9 Å². The number of ether oxygens (including phenoxy) is 1. The molecule has 0 aliphatic carbocycles. The third-order valence-corrected chi connectivity index (χ3v) is 6.61. The third kappa shape index (κ3) is 5.00. The zero-order chi connectivity index (χ0) is 25.2. The average Bonchev–Trinajstić information content (AvgIpc) is 3.60. The first-order valence-electron chi connectivity index (χ1n) is 11.4. The van der Waals surface area contributed by atoms with Gasteiger partial charge in [-0.1, -0.05) is 23.2 Å². The number of carbonyl (C=O) groups excluding carboxylic acids is 2. The van der Waals surface area contributed by atoms with E-state index in [9.17, 15) is 9.59 Å². The SMILES string of the molecule is CC(Oc1ccc2[nH]nc(C(=O)Nc3cnn(CC(=O)N4CCCC4)c3)c2c1)c1c(Cl)cncc1Cl. The molecule has 1 aliphatic heterocycles. The predicted octanol–water partition coefficient (Wildman–Crippen LogP) is 4.48. The first kappa shape index (κ1) is 24.1. The van der Waals surface area contributed by atoms with Gasteiger partial charge in [-0.2, -0.15) is 10.2 Å². The van der Waals surface area contributed by atoms with Gasteiger partial charge in [-0.15, -0.1) is 0 Å². The van der Waals surface area contributed by atoms with Crippen molar-refractivity contribution in [2.24, 2.45) is 0 Å². The maximum atomic E-state index is 13.0. The summed E-state index contributed by atoms with van der Waals surface area (Å²) in [5.41, 5.74) is 1.96. The summed E-state index contributed by atoms with van der Waals surface area (Å²) in [6.07, 6.45) is 7.75. The maximum absolute atomic E-state index is 13.0. The third-order valence-electron chi connectivity index (χ3n) is 6.01. The van der Waals surface area contributed by atoms with Crippen LogP contribution in [0.3, 0.4) is 0 Å². The molecule has 0 bridgehead atoms. The van der Waals surface area contributed by atoms with Gasteiger partial charge < -0.3 is 15.0 Å². The average molecular weight is 528 g/mol. The van der Waals surface area contributed by atoms with Crippen LogP contribution in [0, 0.1) is 0 Å². The van der Waals surface area contributed by atoms with E-state index in [0.29, 0.717) is 37.9 Å². The van der Waals surface area contributed by atoms with Crippen LogP contribution in [-0.2, 0) is 11.3 Å². The Labute approximate surface area is 216 Å². The molecule has 3 aromatic heterocycles. The zero-order valence-electron chi connectivity index (χ0n) is 19.4. The van der Waals surface area contributed by atoms with E-state index in [1.54, 1.807) is 24.4 Å². The number of hydrogen-bond donors (Lipinski definition) is 2. The molecule has 5 rings (SSSR count). The summed E-state index contributed by atoms with van der Waals surface area (Å²) >= 11 is 12.5. The summed E-state index contributed by atoms with van der Waals surface area (Å²) < 4.78 is 7.57. The number of hydrogen-bond acceptors (Lipinski definition) is 6. The summed E-state index contributed by atoms with van der Waals surface area (Å²) in [7, 11) is 0. The van der Waals surface area contributed by atoms with Crippen molar-refractivity contribution in [3.8, 4) is 5.75 Å². The molecule has 12 heteroatoms. The van der Waals surface area contributed by atoms with Crippen LogP contribution in [0.4, 0.5) is 5.69 Å². The van der Waals surface area contributed by atoms with Gasteiger partial charge >= 0.3 is 0 Å². The first-order valence-corrected chi connectivity index (χ1v) is 12.2. The molecule has 10 nitrogen and oxygen atoms in total. The molecular weight excluding hydrogens is 505 g/mol. The molecule has 1 aliphatic rings. The zero-order valence-corrected chi connectivity index (χ0v) is 20.9. The first-order chi connectivity index (χ1) is 17.4. The monoisotopic (exact) mass is 527 g/mol. The minimum atomic E-state index is -0.455. The Morgan fingerprint density at radius 3 is 2.67 bits per heavy atom. The number of rotatable bonds is 7. The van der Waals surface area contributed by atoms with Crippen molar-refractivity contribution in [3.63, 3.8) is 0 Å². The molecule has 1 aromatic carbocycles. The smallest absolute Gasteiger partial charge is 0.276 e. The van der Waals surface area contributed by atoms with E-state index in [2.05, 4.69) is 25.6 Å². The van der Waals surface area contributed by atoms with Gasteiger partial charge in [-0.3, -0.25) is 24.4 Å². The van der Waals surface area contributed by atoms with Crippen molar-refractivity contribution in [1.82, 2.24) is 29.9 Å². The van der Waals surface area contributed by atoms with Gasteiger partial charge in [0.05, 0.1) is 27.4 Å². The number of anilines is 1. The Hall–Kier alpha value is -3.63. The lowest BCUT2D eigenvalue weighted by Gasteiger charge is -2.17. The van der Waals surface area contributed by atoms with Crippen LogP contribution in [0.5, 0.6) is 5.75 Å². The second-order valence-electron chi connectivity index (χ2n) is 8.53. The molecule has 1 fully saturated rings. The fraction of sp³-hybridized carbons (Fsp3) is 0.292. The number of carbonyl (C=O) groups is 2. The number of fused-ring (bicyclic) bond motifs is 1. The molecule has 2 amide bonds. The van der Waals surface area contributed by atoms with Gasteiger partial charge in [0.25, 0.3) is 5.91 Å².